The second kappa shape index (κ2) is 6.35. The van der Waals surface area contributed by atoms with Crippen molar-refractivity contribution in [2.24, 2.45) is 0 Å². The first-order chi connectivity index (χ1) is 13.0. The van der Waals surface area contributed by atoms with Crippen molar-refractivity contribution in [1.29, 1.82) is 0 Å². The summed E-state index contributed by atoms with van der Waals surface area (Å²) in [4.78, 5) is 15.4. The van der Waals surface area contributed by atoms with Crippen LogP contribution < -0.4 is 5.73 Å². The molecule has 0 spiro atoms. The van der Waals surface area contributed by atoms with Crippen LogP contribution in [0.5, 0.6) is 0 Å². The van der Waals surface area contributed by atoms with Gasteiger partial charge in [0.1, 0.15) is 12.3 Å². The molecule has 8 nitrogen and oxygen atoms in total. The topological polar surface area (TPSA) is 100 Å². The Labute approximate surface area is 153 Å². The molecule has 0 aliphatic heterocycles. The van der Waals surface area contributed by atoms with Gasteiger partial charge in [0.05, 0.1) is 23.6 Å². The summed E-state index contributed by atoms with van der Waals surface area (Å²) in [7, 11) is 0. The summed E-state index contributed by atoms with van der Waals surface area (Å²) in [6.45, 7) is 3.63. The number of hydrogen-bond acceptors (Lipinski definition) is 6. The SMILES string of the molecule is CC(=O)OCCn1nc(N)c2cc(F)c(-c3cnn4c(C)cccc34)nc21. The highest BCUT2D eigenvalue weighted by atomic mass is 19.1. The van der Waals surface area contributed by atoms with Crippen molar-refractivity contribution < 1.29 is 13.9 Å². The molecule has 0 atom stereocenters. The third-order valence-electron chi connectivity index (χ3n) is 4.30. The smallest absolute Gasteiger partial charge is 0.302 e. The van der Waals surface area contributed by atoms with Crippen LogP contribution in [0.25, 0.3) is 27.8 Å². The van der Waals surface area contributed by atoms with E-state index < -0.39 is 5.82 Å². The monoisotopic (exact) mass is 368 g/mol. The Morgan fingerprint density at radius 2 is 2.19 bits per heavy atom. The number of carbonyl (C=O) groups excluding carboxylic acids is 1. The number of pyridine rings is 2. The van der Waals surface area contributed by atoms with Crippen LogP contribution in [0.1, 0.15) is 12.6 Å². The third-order valence-corrected chi connectivity index (χ3v) is 4.30. The predicted octanol–water partition coefficient (Wildman–Crippen LogP) is 2.34. The first-order valence-electron chi connectivity index (χ1n) is 8.35. The fourth-order valence-electron chi connectivity index (χ4n) is 3.05. The molecule has 0 bridgehead atoms. The van der Waals surface area contributed by atoms with Crippen LogP contribution in [0.4, 0.5) is 10.2 Å². The number of fused-ring (bicyclic) bond motifs is 2. The van der Waals surface area contributed by atoms with Gasteiger partial charge >= 0.3 is 5.97 Å². The van der Waals surface area contributed by atoms with Crippen LogP contribution >= 0.6 is 0 Å². The summed E-state index contributed by atoms with van der Waals surface area (Å²) in [5.41, 5.74) is 8.73. The molecule has 4 aromatic heterocycles. The van der Waals surface area contributed by atoms with Crippen LogP contribution in [0.2, 0.25) is 0 Å². The van der Waals surface area contributed by atoms with E-state index in [9.17, 15) is 9.18 Å². The molecule has 0 aliphatic rings. The molecule has 0 aromatic carbocycles. The lowest BCUT2D eigenvalue weighted by Crippen LogP contribution is -2.10. The van der Waals surface area contributed by atoms with E-state index in [-0.39, 0.29) is 30.6 Å². The second-order valence-electron chi connectivity index (χ2n) is 6.16. The molecule has 0 saturated heterocycles. The number of halogens is 1. The molecule has 0 saturated carbocycles. The van der Waals surface area contributed by atoms with Crippen LogP contribution in [-0.2, 0) is 16.1 Å². The third kappa shape index (κ3) is 2.86. The van der Waals surface area contributed by atoms with Crippen LogP contribution in [0, 0.1) is 12.7 Å². The lowest BCUT2D eigenvalue weighted by atomic mass is 10.1. The van der Waals surface area contributed by atoms with Crippen molar-refractivity contribution in [1.82, 2.24) is 24.4 Å². The van der Waals surface area contributed by atoms with Crippen LogP contribution in [0.15, 0.2) is 30.5 Å². The largest absolute Gasteiger partial charge is 0.464 e. The lowest BCUT2D eigenvalue weighted by Gasteiger charge is -2.06. The minimum absolute atomic E-state index is 0.121. The van der Waals surface area contributed by atoms with E-state index in [2.05, 4.69) is 15.2 Å². The van der Waals surface area contributed by atoms with Crippen molar-refractivity contribution in [3.05, 3.63) is 42.0 Å². The summed E-state index contributed by atoms with van der Waals surface area (Å²) >= 11 is 0. The maximum Gasteiger partial charge on any atom is 0.302 e. The lowest BCUT2D eigenvalue weighted by molar-refractivity contribution is -0.141. The molecule has 0 unspecified atom stereocenters. The average Bonchev–Trinajstić information content (AvgIpc) is 3.17. The molecular formula is C18H17FN6O2. The summed E-state index contributed by atoms with van der Waals surface area (Å²) in [6.07, 6.45) is 1.59. The molecule has 2 N–H and O–H groups in total. The molecular weight excluding hydrogens is 351 g/mol. The number of nitrogens with zero attached hydrogens (tertiary/aromatic N) is 5. The standard InChI is InChI=1S/C18H17FN6O2/c1-10-4-3-5-15-13(9-21-25(10)15)16-14(19)8-12-17(20)23-24(18(12)22-16)6-7-27-11(2)26/h3-5,8-9H,6-7H2,1-2H3,(H2,20,23). The van der Waals surface area contributed by atoms with Gasteiger partial charge in [0.25, 0.3) is 0 Å². The van der Waals surface area contributed by atoms with E-state index in [1.807, 2.05) is 25.1 Å². The summed E-state index contributed by atoms with van der Waals surface area (Å²) < 4.78 is 23.0. The average molecular weight is 368 g/mol. The molecule has 4 rings (SSSR count). The van der Waals surface area contributed by atoms with Gasteiger partial charge in [-0.1, -0.05) is 6.07 Å². The molecule has 0 radical (unpaired) electrons. The number of nitrogens with two attached hydrogens (primary N) is 1. The molecule has 0 amide bonds. The van der Waals surface area contributed by atoms with Gasteiger partial charge in [0.2, 0.25) is 0 Å². The quantitative estimate of drug-likeness (QED) is 0.555. The normalized spacial score (nSPS) is 11.4. The van der Waals surface area contributed by atoms with Crippen molar-refractivity contribution in [2.45, 2.75) is 20.4 Å². The minimum atomic E-state index is -0.509. The van der Waals surface area contributed by atoms with Gasteiger partial charge < -0.3 is 10.5 Å². The summed E-state index contributed by atoms with van der Waals surface area (Å²) in [6, 6.07) is 6.98. The fraction of sp³-hybridized carbons (Fsp3) is 0.222. The Balaban J connectivity index is 1.84. The number of hydrogen-bond donors (Lipinski definition) is 1. The van der Waals surface area contributed by atoms with Gasteiger partial charge in [-0.05, 0) is 25.1 Å². The zero-order valence-corrected chi connectivity index (χ0v) is 14.8. The molecule has 4 aromatic rings. The molecule has 138 valence electrons. The Morgan fingerprint density at radius 3 is 2.96 bits per heavy atom. The molecule has 4 heterocycles. The highest BCUT2D eigenvalue weighted by Gasteiger charge is 2.18. The Bertz CT molecular complexity index is 1180. The highest BCUT2D eigenvalue weighted by molar-refractivity contribution is 5.90. The maximum absolute atomic E-state index is 14.8. The fourth-order valence-corrected chi connectivity index (χ4v) is 3.05. The van der Waals surface area contributed by atoms with E-state index in [0.29, 0.717) is 16.6 Å². The van der Waals surface area contributed by atoms with Gasteiger partial charge in [0, 0.05) is 18.2 Å². The summed E-state index contributed by atoms with van der Waals surface area (Å²) in [5.74, 6) is -0.729. The Kier molecular flexibility index (Phi) is 3.98. The van der Waals surface area contributed by atoms with E-state index in [0.717, 1.165) is 11.2 Å². The molecule has 0 aliphatic carbocycles. The number of nitrogen functional groups attached to an aromatic ring is 1. The zero-order valence-electron chi connectivity index (χ0n) is 14.8. The molecule has 9 heteroatoms. The van der Waals surface area contributed by atoms with Crippen molar-refractivity contribution in [3.63, 3.8) is 0 Å². The van der Waals surface area contributed by atoms with E-state index in [1.165, 1.54) is 17.7 Å². The molecule has 0 fully saturated rings. The second-order valence-corrected chi connectivity index (χ2v) is 6.16. The van der Waals surface area contributed by atoms with Gasteiger partial charge in [-0.25, -0.2) is 18.6 Å². The number of carbonyl (C=O) groups is 1. The number of aromatic nitrogens is 5. The highest BCUT2D eigenvalue weighted by Crippen LogP contribution is 2.30. The Hall–Kier alpha value is -3.49. The first kappa shape index (κ1) is 17.0. The Morgan fingerprint density at radius 1 is 1.37 bits per heavy atom. The molecule has 27 heavy (non-hydrogen) atoms. The van der Waals surface area contributed by atoms with Crippen molar-refractivity contribution in [3.8, 4) is 11.3 Å². The summed E-state index contributed by atoms with van der Waals surface area (Å²) in [5, 5.41) is 8.91. The maximum atomic E-state index is 14.8. The number of esters is 1. The van der Waals surface area contributed by atoms with E-state index in [1.54, 1.807) is 10.7 Å². The van der Waals surface area contributed by atoms with Crippen molar-refractivity contribution in [2.75, 3.05) is 12.3 Å². The minimum Gasteiger partial charge on any atom is -0.464 e. The van der Waals surface area contributed by atoms with Crippen LogP contribution in [-0.4, -0.2) is 37.0 Å². The number of anilines is 1. The zero-order chi connectivity index (χ0) is 19.1. The van der Waals surface area contributed by atoms with Gasteiger partial charge in [-0.15, -0.1) is 0 Å². The van der Waals surface area contributed by atoms with E-state index in [4.69, 9.17) is 10.5 Å². The predicted molar refractivity (Wildman–Crippen MR) is 97.5 cm³/mol. The van der Waals surface area contributed by atoms with Gasteiger partial charge in [-0.3, -0.25) is 4.79 Å². The van der Waals surface area contributed by atoms with Crippen molar-refractivity contribution >= 4 is 28.3 Å². The van der Waals surface area contributed by atoms with Crippen LogP contribution in [0.3, 0.4) is 0 Å². The van der Waals surface area contributed by atoms with Gasteiger partial charge in [-0.2, -0.15) is 10.2 Å². The number of rotatable bonds is 4. The number of aryl methyl sites for hydroxylation is 1. The van der Waals surface area contributed by atoms with E-state index >= 15 is 0 Å². The number of ether oxygens (including phenoxy) is 1. The first-order valence-corrected chi connectivity index (χ1v) is 8.35. The van der Waals surface area contributed by atoms with Gasteiger partial charge in [0.15, 0.2) is 17.3 Å².